The van der Waals surface area contributed by atoms with Crippen LogP contribution in [-0.4, -0.2) is 12.3 Å². The first-order valence-corrected chi connectivity index (χ1v) is 4.87. The van der Waals surface area contributed by atoms with Crippen LogP contribution in [0.15, 0.2) is 23.8 Å². The van der Waals surface area contributed by atoms with Gasteiger partial charge in [0.15, 0.2) is 0 Å². The predicted octanol–water partition coefficient (Wildman–Crippen LogP) is 3.23. The van der Waals surface area contributed by atoms with Crippen LogP contribution in [0.5, 0.6) is 5.75 Å². The minimum atomic E-state index is -4.58. The van der Waals surface area contributed by atoms with Gasteiger partial charge in [0.1, 0.15) is 5.75 Å². The zero-order chi connectivity index (χ0) is 12.6. The van der Waals surface area contributed by atoms with Crippen molar-refractivity contribution < 1.29 is 17.9 Å². The lowest BCUT2D eigenvalue weighted by Crippen LogP contribution is -2.37. The fraction of sp³-hybridized carbons (Fsp3) is 0.250. The van der Waals surface area contributed by atoms with E-state index in [4.69, 9.17) is 10.00 Å². The van der Waals surface area contributed by atoms with Gasteiger partial charge in [0.25, 0.3) is 0 Å². The third kappa shape index (κ3) is 2.11. The van der Waals surface area contributed by atoms with E-state index in [1.807, 2.05) is 6.92 Å². The third-order valence-corrected chi connectivity index (χ3v) is 2.43. The Morgan fingerprint density at radius 3 is 2.65 bits per heavy atom. The molecule has 1 aromatic rings. The van der Waals surface area contributed by atoms with Gasteiger partial charge < -0.3 is 4.74 Å². The fourth-order valence-corrected chi connectivity index (χ4v) is 1.66. The van der Waals surface area contributed by atoms with E-state index in [9.17, 15) is 13.2 Å². The SMILES string of the molecule is Cc1ccc2c(c1)C=C(C#N)C(C(F)(F)F)O2. The molecule has 2 nitrogen and oxygen atoms in total. The van der Waals surface area contributed by atoms with Crippen LogP contribution in [-0.2, 0) is 0 Å². The second-order valence-electron chi connectivity index (χ2n) is 3.79. The number of halogens is 3. The van der Waals surface area contributed by atoms with Crippen molar-refractivity contribution in [3.63, 3.8) is 0 Å². The van der Waals surface area contributed by atoms with Crippen LogP contribution >= 0.6 is 0 Å². The van der Waals surface area contributed by atoms with Crippen molar-refractivity contribution in [2.75, 3.05) is 0 Å². The van der Waals surface area contributed by atoms with Crippen molar-refractivity contribution in [3.05, 3.63) is 34.9 Å². The topological polar surface area (TPSA) is 33.0 Å². The molecule has 88 valence electrons. The molecule has 0 aliphatic carbocycles. The molecule has 0 N–H and O–H groups in total. The molecule has 5 heteroatoms. The Morgan fingerprint density at radius 1 is 1.35 bits per heavy atom. The molecule has 2 rings (SSSR count). The summed E-state index contributed by atoms with van der Waals surface area (Å²) in [5.74, 6) is 0.150. The normalized spacial score (nSPS) is 18.8. The highest BCUT2D eigenvalue weighted by Gasteiger charge is 2.46. The molecule has 1 aliphatic heterocycles. The molecule has 0 aromatic heterocycles. The van der Waals surface area contributed by atoms with Crippen LogP contribution in [0.1, 0.15) is 11.1 Å². The summed E-state index contributed by atoms with van der Waals surface area (Å²) in [6.07, 6.45) is -5.52. The molecule has 0 fully saturated rings. The number of rotatable bonds is 0. The highest BCUT2D eigenvalue weighted by atomic mass is 19.4. The first-order chi connectivity index (χ1) is 7.91. The van der Waals surface area contributed by atoms with Crippen LogP contribution in [0, 0.1) is 18.3 Å². The number of benzene rings is 1. The van der Waals surface area contributed by atoms with Crippen molar-refractivity contribution in [2.24, 2.45) is 0 Å². The summed E-state index contributed by atoms with van der Waals surface area (Å²) < 4.78 is 42.7. The summed E-state index contributed by atoms with van der Waals surface area (Å²) in [6, 6.07) is 6.36. The Balaban J connectivity index is 2.50. The fourth-order valence-electron chi connectivity index (χ4n) is 1.66. The van der Waals surface area contributed by atoms with Gasteiger partial charge in [-0.1, -0.05) is 11.6 Å². The van der Waals surface area contributed by atoms with Crippen LogP contribution in [0.2, 0.25) is 0 Å². The Kier molecular flexibility index (Phi) is 2.58. The van der Waals surface area contributed by atoms with Gasteiger partial charge in [0.05, 0.1) is 11.6 Å². The zero-order valence-electron chi connectivity index (χ0n) is 8.88. The van der Waals surface area contributed by atoms with Crippen LogP contribution in [0.25, 0.3) is 6.08 Å². The molecule has 0 saturated carbocycles. The molecule has 0 amide bonds. The average Bonchev–Trinajstić information content (AvgIpc) is 2.25. The molecule has 0 bridgehead atoms. The predicted molar refractivity (Wildman–Crippen MR) is 55.2 cm³/mol. The van der Waals surface area contributed by atoms with Gasteiger partial charge in [-0.25, -0.2) is 0 Å². The highest BCUT2D eigenvalue weighted by Crippen LogP contribution is 2.36. The highest BCUT2D eigenvalue weighted by molar-refractivity contribution is 5.67. The Bertz CT molecular complexity index is 526. The maximum atomic E-state index is 12.6. The van der Waals surface area contributed by atoms with Crippen molar-refractivity contribution in [1.29, 1.82) is 5.26 Å². The molecule has 0 saturated heterocycles. The maximum Gasteiger partial charge on any atom is 0.430 e. The van der Waals surface area contributed by atoms with Gasteiger partial charge >= 0.3 is 6.18 Å². The number of aryl methyl sites for hydroxylation is 1. The summed E-state index contributed by atoms with van der Waals surface area (Å²) in [4.78, 5) is 0. The standard InChI is InChI=1S/C12H8F3NO/c1-7-2-3-10-8(4-7)5-9(6-16)11(17-10)12(13,14)15/h2-5,11H,1H3. The van der Waals surface area contributed by atoms with Gasteiger partial charge in [-0.2, -0.15) is 18.4 Å². The van der Waals surface area contributed by atoms with Crippen molar-refractivity contribution in [1.82, 2.24) is 0 Å². The van der Waals surface area contributed by atoms with Gasteiger partial charge in [-0.05, 0) is 25.1 Å². The van der Waals surface area contributed by atoms with Crippen LogP contribution in [0.4, 0.5) is 13.2 Å². The van der Waals surface area contributed by atoms with E-state index in [0.717, 1.165) is 5.56 Å². The minimum absolute atomic E-state index is 0.150. The van der Waals surface area contributed by atoms with Gasteiger partial charge in [0, 0.05) is 5.56 Å². The quantitative estimate of drug-likeness (QED) is 0.696. The van der Waals surface area contributed by atoms with E-state index in [-0.39, 0.29) is 5.75 Å². The maximum absolute atomic E-state index is 12.6. The molecule has 1 aromatic carbocycles. The molecule has 0 spiro atoms. The van der Waals surface area contributed by atoms with Gasteiger partial charge in [-0.15, -0.1) is 0 Å². The van der Waals surface area contributed by atoms with Crippen molar-refractivity contribution in [2.45, 2.75) is 19.2 Å². The number of nitriles is 1. The monoisotopic (exact) mass is 239 g/mol. The molecule has 0 radical (unpaired) electrons. The largest absolute Gasteiger partial charge is 0.475 e. The lowest BCUT2D eigenvalue weighted by Gasteiger charge is -2.25. The molecule has 17 heavy (non-hydrogen) atoms. The first-order valence-electron chi connectivity index (χ1n) is 4.87. The molecule has 1 heterocycles. The molecular formula is C12H8F3NO. The lowest BCUT2D eigenvalue weighted by atomic mass is 10.0. The zero-order valence-corrected chi connectivity index (χ0v) is 8.88. The van der Waals surface area contributed by atoms with E-state index < -0.39 is 17.9 Å². The smallest absolute Gasteiger partial charge is 0.430 e. The third-order valence-electron chi connectivity index (χ3n) is 2.43. The molecule has 1 atom stereocenters. The number of alkyl halides is 3. The second-order valence-corrected chi connectivity index (χ2v) is 3.79. The minimum Gasteiger partial charge on any atom is -0.475 e. The Morgan fingerprint density at radius 2 is 2.06 bits per heavy atom. The summed E-state index contributed by atoms with van der Waals surface area (Å²) in [5, 5.41) is 8.72. The second kappa shape index (κ2) is 3.81. The Labute approximate surface area is 95.9 Å². The molecule has 1 unspecified atom stereocenters. The van der Waals surface area contributed by atoms with E-state index in [2.05, 4.69) is 0 Å². The summed E-state index contributed by atoms with van der Waals surface area (Å²) in [6.45, 7) is 1.82. The van der Waals surface area contributed by atoms with E-state index >= 15 is 0 Å². The van der Waals surface area contributed by atoms with E-state index in [1.54, 1.807) is 12.1 Å². The number of hydrogen-bond donors (Lipinski definition) is 0. The van der Waals surface area contributed by atoms with E-state index in [0.29, 0.717) is 5.56 Å². The van der Waals surface area contributed by atoms with Gasteiger partial charge in [0.2, 0.25) is 6.10 Å². The van der Waals surface area contributed by atoms with E-state index in [1.165, 1.54) is 18.2 Å². The summed E-state index contributed by atoms with van der Waals surface area (Å²) in [7, 11) is 0. The Hall–Kier alpha value is -1.96. The average molecular weight is 239 g/mol. The first kappa shape index (κ1) is 11.5. The number of hydrogen-bond acceptors (Lipinski definition) is 2. The van der Waals surface area contributed by atoms with Crippen LogP contribution < -0.4 is 4.74 Å². The van der Waals surface area contributed by atoms with Crippen molar-refractivity contribution in [3.8, 4) is 11.8 Å². The summed E-state index contributed by atoms with van der Waals surface area (Å²) in [5.41, 5.74) is 0.976. The molecular weight excluding hydrogens is 231 g/mol. The van der Waals surface area contributed by atoms with Crippen LogP contribution in [0.3, 0.4) is 0 Å². The summed E-state index contributed by atoms with van der Waals surface area (Å²) >= 11 is 0. The lowest BCUT2D eigenvalue weighted by molar-refractivity contribution is -0.182. The molecule has 1 aliphatic rings. The number of fused-ring (bicyclic) bond motifs is 1. The number of ether oxygens (including phenoxy) is 1. The van der Waals surface area contributed by atoms with Crippen molar-refractivity contribution >= 4 is 6.08 Å². The number of nitrogens with zero attached hydrogens (tertiary/aromatic N) is 1. The van der Waals surface area contributed by atoms with Gasteiger partial charge in [-0.3, -0.25) is 0 Å².